The zero-order chi connectivity index (χ0) is 57.1. The molecule has 6 heteroatoms. The smallest absolute Gasteiger partial charge is 0.305 e. The van der Waals surface area contributed by atoms with Gasteiger partial charge in [-0.1, -0.05) is 359 Å². The van der Waals surface area contributed by atoms with Gasteiger partial charge in [0.25, 0.3) is 0 Å². The number of esters is 1. The average molecular weight is 1110 g/mol. The highest BCUT2D eigenvalue weighted by Crippen LogP contribution is 2.19. The van der Waals surface area contributed by atoms with E-state index in [1.807, 2.05) is 6.08 Å². The van der Waals surface area contributed by atoms with E-state index >= 15 is 0 Å². The third kappa shape index (κ3) is 65.4. The van der Waals surface area contributed by atoms with Crippen LogP contribution in [0.2, 0.25) is 0 Å². The number of rotatable bonds is 68. The molecule has 0 aromatic heterocycles. The van der Waals surface area contributed by atoms with Crippen LogP contribution in [0.5, 0.6) is 0 Å². The van der Waals surface area contributed by atoms with E-state index in [1.54, 1.807) is 6.08 Å². The van der Waals surface area contributed by atoms with Gasteiger partial charge in [0, 0.05) is 12.8 Å². The van der Waals surface area contributed by atoms with Gasteiger partial charge >= 0.3 is 5.97 Å². The van der Waals surface area contributed by atoms with Crippen molar-refractivity contribution < 1.29 is 24.5 Å². The maximum Gasteiger partial charge on any atom is 0.305 e. The lowest BCUT2D eigenvalue weighted by Gasteiger charge is -2.20. The summed E-state index contributed by atoms with van der Waals surface area (Å²) in [5, 5.41) is 23.3. The van der Waals surface area contributed by atoms with Crippen molar-refractivity contribution in [2.24, 2.45) is 0 Å². The SMILES string of the molecule is CCCCCCCC/C=C\CCCCCCCCCCCC(=O)OCCCCCCCCCCCCCCCCCCCCCCCC(=O)NC(CO)C(O)/C=C/CCCCCCCCCCCCCCCCCCCCCC. The summed E-state index contributed by atoms with van der Waals surface area (Å²) in [6, 6.07) is -0.630. The van der Waals surface area contributed by atoms with E-state index in [4.69, 9.17) is 4.74 Å². The van der Waals surface area contributed by atoms with E-state index in [9.17, 15) is 19.8 Å². The second-order valence-electron chi connectivity index (χ2n) is 24.9. The molecule has 0 bridgehead atoms. The summed E-state index contributed by atoms with van der Waals surface area (Å²) >= 11 is 0. The first-order chi connectivity index (χ1) is 39.0. The third-order valence-corrected chi connectivity index (χ3v) is 17.0. The minimum absolute atomic E-state index is 0.0120. The van der Waals surface area contributed by atoms with Gasteiger partial charge in [-0.3, -0.25) is 9.59 Å². The predicted octanol–water partition coefficient (Wildman–Crippen LogP) is 23.3. The summed E-state index contributed by atoms with van der Waals surface area (Å²) in [7, 11) is 0. The van der Waals surface area contributed by atoms with Crippen molar-refractivity contribution in [3.05, 3.63) is 24.3 Å². The first-order valence-corrected chi connectivity index (χ1v) is 36.1. The van der Waals surface area contributed by atoms with Crippen molar-refractivity contribution in [2.45, 2.75) is 418 Å². The number of unbranched alkanes of at least 4 members (excludes halogenated alkanes) is 55. The van der Waals surface area contributed by atoms with E-state index < -0.39 is 12.1 Å². The summed E-state index contributed by atoms with van der Waals surface area (Å²) in [4.78, 5) is 24.7. The summed E-state index contributed by atoms with van der Waals surface area (Å²) in [5.41, 5.74) is 0. The maximum absolute atomic E-state index is 12.5. The van der Waals surface area contributed by atoms with Gasteiger partial charge < -0.3 is 20.3 Å². The molecule has 2 unspecified atom stereocenters. The van der Waals surface area contributed by atoms with Crippen LogP contribution in [-0.4, -0.2) is 47.4 Å². The van der Waals surface area contributed by atoms with Crippen LogP contribution in [0.4, 0.5) is 0 Å². The molecule has 0 aromatic carbocycles. The number of carbonyl (C=O) groups is 2. The van der Waals surface area contributed by atoms with Crippen LogP contribution in [0.15, 0.2) is 24.3 Å². The minimum atomic E-state index is -0.846. The molecule has 0 heterocycles. The fourth-order valence-corrected chi connectivity index (χ4v) is 11.5. The fourth-order valence-electron chi connectivity index (χ4n) is 11.5. The molecule has 79 heavy (non-hydrogen) atoms. The molecule has 3 N–H and O–H groups in total. The highest BCUT2D eigenvalue weighted by Gasteiger charge is 2.18. The molecule has 6 nitrogen and oxygen atoms in total. The number of ether oxygens (including phenoxy) is 1. The Kier molecular flexibility index (Phi) is 67.4. The molecule has 0 aromatic rings. The van der Waals surface area contributed by atoms with E-state index in [-0.39, 0.29) is 18.5 Å². The monoisotopic (exact) mass is 1110 g/mol. The lowest BCUT2D eigenvalue weighted by molar-refractivity contribution is -0.143. The molecule has 0 saturated carbocycles. The fraction of sp³-hybridized carbons (Fsp3) is 0.918. The Labute approximate surface area is 494 Å². The van der Waals surface area contributed by atoms with E-state index in [0.29, 0.717) is 19.4 Å². The largest absolute Gasteiger partial charge is 0.466 e. The molecule has 2 atom stereocenters. The Balaban J connectivity index is 3.40. The van der Waals surface area contributed by atoms with Gasteiger partial charge in [0.2, 0.25) is 5.91 Å². The van der Waals surface area contributed by atoms with Crippen LogP contribution in [-0.2, 0) is 14.3 Å². The first kappa shape index (κ1) is 77.3. The van der Waals surface area contributed by atoms with Crippen LogP contribution >= 0.6 is 0 Å². The number of hydrogen-bond acceptors (Lipinski definition) is 5. The molecule has 0 fully saturated rings. The van der Waals surface area contributed by atoms with Gasteiger partial charge in [-0.2, -0.15) is 0 Å². The standard InChI is InChI=1S/C73H141NO5/c1-3-5-7-9-11-13-15-17-19-21-23-24-26-30-33-37-41-45-49-53-57-61-65-71(76)70(69-75)74-72(77)66-62-58-54-50-46-42-38-34-31-27-25-28-32-36-40-44-48-52-56-60-64-68-79-73(78)67-63-59-55-51-47-43-39-35-29-22-20-18-16-14-12-10-8-6-4-2/h18,20,61,65,70-71,75-76H,3-17,19,21-60,62-64,66-69H2,1-2H3,(H,74,77)/b20-18-,65-61+. The van der Waals surface area contributed by atoms with Crippen LogP contribution in [0.1, 0.15) is 406 Å². The molecular formula is C73H141NO5. The summed E-state index contributed by atoms with van der Waals surface area (Å²) < 4.78 is 5.51. The number of aliphatic hydroxyl groups is 2. The second kappa shape index (κ2) is 68.8. The van der Waals surface area contributed by atoms with Crippen molar-refractivity contribution >= 4 is 11.9 Å². The van der Waals surface area contributed by atoms with Crippen LogP contribution in [0.3, 0.4) is 0 Å². The molecule has 0 aliphatic heterocycles. The third-order valence-electron chi connectivity index (χ3n) is 17.0. The molecule has 0 rings (SSSR count). The van der Waals surface area contributed by atoms with Crippen molar-refractivity contribution in [1.29, 1.82) is 0 Å². The van der Waals surface area contributed by atoms with Gasteiger partial charge in [0.1, 0.15) is 0 Å². The number of aliphatic hydroxyl groups excluding tert-OH is 2. The topological polar surface area (TPSA) is 95.9 Å². The number of carbonyl (C=O) groups excluding carboxylic acids is 2. The Morgan fingerprint density at radius 3 is 0.899 bits per heavy atom. The lowest BCUT2D eigenvalue weighted by Crippen LogP contribution is -2.45. The number of allylic oxidation sites excluding steroid dienone is 3. The molecule has 0 saturated heterocycles. The zero-order valence-corrected chi connectivity index (χ0v) is 53.6. The minimum Gasteiger partial charge on any atom is -0.466 e. The Bertz CT molecular complexity index is 1230. The van der Waals surface area contributed by atoms with Crippen molar-refractivity contribution in [2.75, 3.05) is 13.2 Å². The van der Waals surface area contributed by atoms with Crippen LogP contribution in [0.25, 0.3) is 0 Å². The van der Waals surface area contributed by atoms with Gasteiger partial charge in [-0.15, -0.1) is 0 Å². The van der Waals surface area contributed by atoms with E-state index in [2.05, 4.69) is 31.3 Å². The molecule has 468 valence electrons. The lowest BCUT2D eigenvalue weighted by atomic mass is 10.0. The number of amides is 1. The van der Waals surface area contributed by atoms with Crippen molar-refractivity contribution in [1.82, 2.24) is 5.32 Å². The molecular weight excluding hydrogens is 971 g/mol. The van der Waals surface area contributed by atoms with Crippen LogP contribution in [0, 0.1) is 0 Å². The highest BCUT2D eigenvalue weighted by atomic mass is 16.5. The molecule has 0 aliphatic carbocycles. The summed E-state index contributed by atoms with van der Waals surface area (Å²) in [6.45, 7) is 4.94. The summed E-state index contributed by atoms with van der Waals surface area (Å²) in [6.07, 6.45) is 86.8. The number of hydrogen-bond donors (Lipinski definition) is 3. The maximum atomic E-state index is 12.5. The Morgan fingerprint density at radius 2 is 0.595 bits per heavy atom. The zero-order valence-electron chi connectivity index (χ0n) is 53.6. The van der Waals surface area contributed by atoms with E-state index in [1.165, 1.54) is 334 Å². The highest BCUT2D eigenvalue weighted by molar-refractivity contribution is 5.76. The Hall–Kier alpha value is -1.66. The first-order valence-electron chi connectivity index (χ1n) is 36.1. The Morgan fingerprint density at radius 1 is 0.342 bits per heavy atom. The normalized spacial score (nSPS) is 12.6. The quantitative estimate of drug-likeness (QED) is 0.0320. The summed E-state index contributed by atoms with van der Waals surface area (Å²) in [5.74, 6) is -0.0525. The number of nitrogens with one attached hydrogen (secondary N) is 1. The molecule has 1 amide bonds. The predicted molar refractivity (Wildman–Crippen MR) is 347 cm³/mol. The van der Waals surface area contributed by atoms with E-state index in [0.717, 1.165) is 44.9 Å². The van der Waals surface area contributed by atoms with Gasteiger partial charge in [0.05, 0.1) is 25.4 Å². The second-order valence-corrected chi connectivity index (χ2v) is 24.9. The average Bonchev–Trinajstić information content (AvgIpc) is 3.45. The van der Waals surface area contributed by atoms with Gasteiger partial charge in [0.15, 0.2) is 0 Å². The van der Waals surface area contributed by atoms with Gasteiger partial charge in [-0.25, -0.2) is 0 Å². The molecule has 0 spiro atoms. The van der Waals surface area contributed by atoms with Crippen molar-refractivity contribution in [3.63, 3.8) is 0 Å². The molecule has 0 aliphatic rings. The van der Waals surface area contributed by atoms with Crippen LogP contribution < -0.4 is 5.32 Å². The molecule has 0 radical (unpaired) electrons. The van der Waals surface area contributed by atoms with Crippen molar-refractivity contribution in [3.8, 4) is 0 Å². The van der Waals surface area contributed by atoms with Gasteiger partial charge in [-0.05, 0) is 57.8 Å².